The topological polar surface area (TPSA) is 49.7 Å². The van der Waals surface area contributed by atoms with Crippen molar-refractivity contribution < 1.29 is 19.0 Å². The summed E-state index contributed by atoms with van der Waals surface area (Å²) in [6.45, 7) is 2.32. The minimum atomic E-state index is -0.122. The van der Waals surface area contributed by atoms with Crippen LogP contribution in [-0.4, -0.2) is 24.1 Å². The molecule has 170 valence electrons. The lowest BCUT2D eigenvalue weighted by Crippen LogP contribution is -2.00. The Bertz CT molecular complexity index is 1440. The van der Waals surface area contributed by atoms with E-state index >= 15 is 0 Å². The third-order valence-corrected chi connectivity index (χ3v) is 5.91. The van der Waals surface area contributed by atoms with E-state index in [1.54, 1.807) is 19.3 Å². The molecule has 5 heteroatoms. The second kappa shape index (κ2) is 8.94. The number of Topliss-reactive ketones (excluding diaryl/α,β-unsaturated/α-hetero) is 1. The van der Waals surface area contributed by atoms with Crippen molar-refractivity contribution in [1.29, 1.82) is 0 Å². The Labute approximate surface area is 198 Å². The average molecular weight is 452 g/mol. The Morgan fingerprint density at radius 1 is 1.03 bits per heavy atom. The molecule has 2 heterocycles. The van der Waals surface area contributed by atoms with Crippen molar-refractivity contribution in [3.05, 3.63) is 101 Å². The monoisotopic (exact) mass is 451 g/mol. The van der Waals surface area contributed by atoms with Gasteiger partial charge in [0.05, 0.1) is 12.7 Å². The Kier molecular flexibility index (Phi) is 5.68. The average Bonchev–Trinajstić information content (AvgIpc) is 3.33. The van der Waals surface area contributed by atoms with Crippen LogP contribution in [-0.2, 0) is 7.05 Å². The number of nitrogens with zero attached hydrogens (tertiary/aromatic N) is 1. The van der Waals surface area contributed by atoms with E-state index in [1.807, 2.05) is 91.5 Å². The number of hydrogen-bond donors (Lipinski definition) is 0. The van der Waals surface area contributed by atoms with Crippen LogP contribution in [0.4, 0.5) is 0 Å². The fourth-order valence-corrected chi connectivity index (χ4v) is 4.24. The van der Waals surface area contributed by atoms with Gasteiger partial charge >= 0.3 is 0 Å². The third-order valence-electron chi connectivity index (χ3n) is 5.91. The van der Waals surface area contributed by atoms with Gasteiger partial charge in [0.1, 0.15) is 23.9 Å². The fraction of sp³-hybridized carbons (Fsp3) is 0.138. The highest BCUT2D eigenvalue weighted by Gasteiger charge is 2.30. The van der Waals surface area contributed by atoms with Gasteiger partial charge < -0.3 is 18.8 Å². The molecule has 5 nitrogen and oxygen atoms in total. The molecule has 0 atom stereocenters. The molecular weight excluding hydrogens is 426 g/mol. The number of aromatic nitrogens is 1. The first-order chi connectivity index (χ1) is 16.5. The number of ketones is 1. The maximum Gasteiger partial charge on any atom is 0.232 e. The smallest absolute Gasteiger partial charge is 0.232 e. The highest BCUT2D eigenvalue weighted by atomic mass is 16.5. The van der Waals surface area contributed by atoms with Crippen molar-refractivity contribution in [3.63, 3.8) is 0 Å². The van der Waals surface area contributed by atoms with Crippen LogP contribution in [0.5, 0.6) is 17.2 Å². The first-order valence-corrected chi connectivity index (χ1v) is 11.1. The van der Waals surface area contributed by atoms with E-state index in [0.29, 0.717) is 29.4 Å². The van der Waals surface area contributed by atoms with E-state index in [1.165, 1.54) is 0 Å². The maximum absolute atomic E-state index is 13.1. The number of fused-ring (bicyclic) bond motifs is 2. The summed E-state index contributed by atoms with van der Waals surface area (Å²) in [7, 11) is 3.62. The van der Waals surface area contributed by atoms with Gasteiger partial charge in [-0.1, -0.05) is 36.4 Å². The highest BCUT2D eigenvalue weighted by Crippen LogP contribution is 2.38. The molecule has 1 aliphatic rings. The zero-order chi connectivity index (χ0) is 23.7. The number of benzene rings is 3. The molecule has 0 spiro atoms. The minimum absolute atomic E-state index is 0.122. The second-order valence-electron chi connectivity index (χ2n) is 8.26. The van der Waals surface area contributed by atoms with E-state index in [2.05, 4.69) is 0 Å². The van der Waals surface area contributed by atoms with Crippen molar-refractivity contribution in [2.75, 3.05) is 13.7 Å². The summed E-state index contributed by atoms with van der Waals surface area (Å²) in [6.07, 6.45) is 7.76. The molecule has 0 bridgehead atoms. The molecule has 0 aliphatic carbocycles. The predicted molar refractivity (Wildman–Crippen MR) is 135 cm³/mol. The minimum Gasteiger partial charge on any atom is -0.497 e. The summed E-state index contributed by atoms with van der Waals surface area (Å²) in [4.78, 5) is 13.1. The van der Waals surface area contributed by atoms with Crippen LogP contribution in [0.3, 0.4) is 0 Å². The fourth-order valence-electron chi connectivity index (χ4n) is 4.24. The Morgan fingerprint density at radius 2 is 1.85 bits per heavy atom. The summed E-state index contributed by atoms with van der Waals surface area (Å²) in [5.74, 6) is 2.13. The first kappa shape index (κ1) is 21.6. The van der Waals surface area contributed by atoms with Crippen LogP contribution in [0.1, 0.15) is 27.0 Å². The molecule has 1 aromatic heterocycles. The van der Waals surface area contributed by atoms with Gasteiger partial charge in [-0.2, -0.15) is 0 Å². The van der Waals surface area contributed by atoms with Crippen LogP contribution < -0.4 is 14.2 Å². The zero-order valence-corrected chi connectivity index (χ0v) is 19.4. The lowest BCUT2D eigenvalue weighted by molar-refractivity contribution is 0.101. The number of rotatable bonds is 6. The van der Waals surface area contributed by atoms with E-state index in [0.717, 1.165) is 33.3 Å². The number of carbonyl (C=O) groups excluding carboxylic acids is 1. The van der Waals surface area contributed by atoms with Crippen LogP contribution in [0.15, 0.2) is 78.7 Å². The molecule has 0 amide bonds. The molecule has 4 aromatic rings. The van der Waals surface area contributed by atoms with Gasteiger partial charge in [0, 0.05) is 35.8 Å². The number of carbonyl (C=O) groups is 1. The molecule has 0 saturated heterocycles. The van der Waals surface area contributed by atoms with Crippen molar-refractivity contribution in [1.82, 2.24) is 4.57 Å². The van der Waals surface area contributed by atoms with Crippen molar-refractivity contribution >= 4 is 28.8 Å². The molecule has 3 aromatic carbocycles. The Balaban J connectivity index is 1.38. The normalized spacial score (nSPS) is 14.1. The van der Waals surface area contributed by atoms with Gasteiger partial charge in [0.25, 0.3) is 0 Å². The molecule has 0 saturated carbocycles. The standard InChI is InChI=1S/C29H25NO4/c1-19-14-23(33-13-7-10-20-8-5-4-6-9-20)17-26-28(19)29(31)27(34-26)15-21-18-30(2)25-12-11-22(32-3)16-24(21)25/h4-12,14-18H,13H2,1-3H3/b10-7+,27-15-. The predicted octanol–water partition coefficient (Wildman–Crippen LogP) is 6.20. The summed E-state index contributed by atoms with van der Waals surface area (Å²) in [6, 6.07) is 19.6. The summed E-state index contributed by atoms with van der Waals surface area (Å²) in [5.41, 5.74) is 4.47. The van der Waals surface area contributed by atoms with Crippen LogP contribution in [0, 0.1) is 6.92 Å². The second-order valence-corrected chi connectivity index (χ2v) is 8.26. The van der Waals surface area contributed by atoms with Gasteiger partial charge in [0.2, 0.25) is 5.78 Å². The van der Waals surface area contributed by atoms with Crippen molar-refractivity contribution in [3.8, 4) is 17.2 Å². The quantitative estimate of drug-likeness (QED) is 0.327. The molecular formula is C29H25NO4. The van der Waals surface area contributed by atoms with Gasteiger partial charge in [-0.15, -0.1) is 0 Å². The van der Waals surface area contributed by atoms with Gasteiger partial charge in [-0.25, -0.2) is 0 Å². The molecule has 0 unspecified atom stereocenters. The molecule has 1 aliphatic heterocycles. The van der Waals surface area contributed by atoms with Gasteiger partial charge in [-0.3, -0.25) is 4.79 Å². The lowest BCUT2D eigenvalue weighted by atomic mass is 10.0. The summed E-state index contributed by atoms with van der Waals surface area (Å²) in [5, 5.41) is 0.993. The SMILES string of the molecule is COc1ccc2c(c1)c(/C=C1\Oc3cc(OC/C=C/c4ccccc4)cc(C)c3C1=O)cn2C. The van der Waals surface area contributed by atoms with Gasteiger partial charge in [0.15, 0.2) is 5.76 Å². The first-order valence-electron chi connectivity index (χ1n) is 11.1. The zero-order valence-electron chi connectivity index (χ0n) is 19.4. The molecule has 0 N–H and O–H groups in total. The molecule has 0 fully saturated rings. The number of methoxy groups -OCH3 is 1. The largest absolute Gasteiger partial charge is 0.497 e. The number of hydrogen-bond acceptors (Lipinski definition) is 4. The molecule has 34 heavy (non-hydrogen) atoms. The van der Waals surface area contributed by atoms with Crippen molar-refractivity contribution in [2.24, 2.45) is 7.05 Å². The number of aryl methyl sites for hydroxylation is 2. The maximum atomic E-state index is 13.1. The van der Waals surface area contributed by atoms with E-state index in [4.69, 9.17) is 14.2 Å². The van der Waals surface area contributed by atoms with Gasteiger partial charge in [-0.05, 0) is 54.5 Å². The molecule has 5 rings (SSSR count). The van der Waals surface area contributed by atoms with Crippen LogP contribution >= 0.6 is 0 Å². The third kappa shape index (κ3) is 4.08. The number of ether oxygens (including phenoxy) is 3. The van der Waals surface area contributed by atoms with E-state index in [-0.39, 0.29) is 5.78 Å². The van der Waals surface area contributed by atoms with Crippen LogP contribution in [0.25, 0.3) is 23.1 Å². The van der Waals surface area contributed by atoms with E-state index < -0.39 is 0 Å². The van der Waals surface area contributed by atoms with Crippen molar-refractivity contribution in [2.45, 2.75) is 6.92 Å². The Morgan fingerprint density at radius 3 is 2.65 bits per heavy atom. The van der Waals surface area contributed by atoms with Crippen LogP contribution in [0.2, 0.25) is 0 Å². The highest BCUT2D eigenvalue weighted by molar-refractivity contribution is 6.16. The summed E-state index contributed by atoms with van der Waals surface area (Å²) >= 11 is 0. The number of allylic oxidation sites excluding steroid dienone is 1. The van der Waals surface area contributed by atoms with E-state index in [9.17, 15) is 4.79 Å². The molecule has 0 radical (unpaired) electrons. The summed E-state index contributed by atoms with van der Waals surface area (Å²) < 4.78 is 19.3. The Hall–Kier alpha value is -4.25. The lowest BCUT2D eigenvalue weighted by Gasteiger charge is -2.07.